The van der Waals surface area contributed by atoms with E-state index < -0.39 is 0 Å². The Morgan fingerprint density at radius 1 is 1.39 bits per heavy atom. The molecule has 98 valence electrons. The van der Waals surface area contributed by atoms with Crippen LogP contribution in [-0.4, -0.2) is 23.3 Å². The summed E-state index contributed by atoms with van der Waals surface area (Å²) >= 11 is 0. The number of ketones is 1. The second kappa shape index (κ2) is 5.85. The Labute approximate surface area is 107 Å². The fourth-order valence-corrected chi connectivity index (χ4v) is 2.44. The van der Waals surface area contributed by atoms with Gasteiger partial charge in [-0.3, -0.25) is 9.59 Å². The molecule has 0 aliphatic heterocycles. The number of hydrogen-bond acceptors (Lipinski definition) is 3. The third kappa shape index (κ3) is 2.81. The highest BCUT2D eigenvalue weighted by atomic mass is 16.5. The summed E-state index contributed by atoms with van der Waals surface area (Å²) < 4.78 is 4.90. The number of carbonyl (C=O) groups excluding carboxylic acids is 2. The number of Topliss-reactive ketones (excluding diaryl/α,β-unsaturated/α-hetero) is 1. The molecule has 0 aromatic carbocycles. The molecule has 1 aromatic rings. The minimum Gasteiger partial charge on any atom is -0.466 e. The van der Waals surface area contributed by atoms with Crippen molar-refractivity contribution in [2.75, 3.05) is 6.61 Å². The molecule has 0 radical (unpaired) electrons. The number of aromatic amines is 1. The van der Waals surface area contributed by atoms with Crippen LogP contribution in [0.4, 0.5) is 0 Å². The van der Waals surface area contributed by atoms with Crippen LogP contribution in [0.2, 0.25) is 0 Å². The van der Waals surface area contributed by atoms with E-state index in [1.165, 1.54) is 0 Å². The first-order chi connectivity index (χ1) is 8.72. The van der Waals surface area contributed by atoms with Crippen LogP contribution >= 0.6 is 0 Å². The van der Waals surface area contributed by atoms with Crippen molar-refractivity contribution in [2.45, 2.75) is 45.4 Å². The van der Waals surface area contributed by atoms with E-state index in [2.05, 4.69) is 4.98 Å². The highest BCUT2D eigenvalue weighted by Crippen LogP contribution is 2.24. The van der Waals surface area contributed by atoms with Crippen LogP contribution in [0.15, 0.2) is 6.20 Å². The van der Waals surface area contributed by atoms with Crippen molar-refractivity contribution in [2.24, 2.45) is 0 Å². The number of carbonyl (C=O) groups is 2. The monoisotopic (exact) mass is 249 g/mol. The molecule has 4 heteroatoms. The van der Waals surface area contributed by atoms with Gasteiger partial charge in [-0.05, 0) is 38.2 Å². The molecule has 0 bridgehead atoms. The predicted octanol–water partition coefficient (Wildman–Crippen LogP) is 2.42. The average Bonchev–Trinajstić information content (AvgIpc) is 2.66. The molecule has 0 saturated carbocycles. The van der Waals surface area contributed by atoms with Gasteiger partial charge in [0.25, 0.3) is 0 Å². The number of esters is 1. The van der Waals surface area contributed by atoms with E-state index in [0.29, 0.717) is 25.9 Å². The zero-order valence-corrected chi connectivity index (χ0v) is 10.8. The molecule has 0 unspecified atom stereocenters. The molecule has 1 aromatic heterocycles. The van der Waals surface area contributed by atoms with Crippen LogP contribution < -0.4 is 0 Å². The second-order valence-electron chi connectivity index (χ2n) is 4.60. The summed E-state index contributed by atoms with van der Waals surface area (Å²) in [6.45, 7) is 2.20. The molecule has 2 rings (SSSR count). The van der Waals surface area contributed by atoms with E-state index in [0.717, 1.165) is 36.1 Å². The number of nitrogens with one attached hydrogen (secondary N) is 1. The normalized spacial score (nSPS) is 15.1. The molecule has 0 fully saturated rings. The van der Waals surface area contributed by atoms with E-state index in [1.807, 2.05) is 6.20 Å². The maximum Gasteiger partial charge on any atom is 0.306 e. The Bertz CT molecular complexity index is 448. The fraction of sp³-hybridized carbons (Fsp3) is 0.571. The third-order valence-corrected chi connectivity index (χ3v) is 3.31. The largest absolute Gasteiger partial charge is 0.466 e. The third-order valence-electron chi connectivity index (χ3n) is 3.31. The Balaban J connectivity index is 2.08. The lowest BCUT2D eigenvalue weighted by Gasteiger charge is -2.03. The Kier molecular flexibility index (Phi) is 4.18. The number of H-pyrrole nitrogens is 1. The number of rotatable bonds is 4. The number of fused-ring (bicyclic) bond motifs is 1. The van der Waals surface area contributed by atoms with Crippen LogP contribution in [0.1, 0.15) is 54.2 Å². The van der Waals surface area contributed by atoms with Crippen LogP contribution in [0.3, 0.4) is 0 Å². The zero-order chi connectivity index (χ0) is 13.0. The van der Waals surface area contributed by atoms with Crippen LogP contribution in [0, 0.1) is 0 Å². The maximum absolute atomic E-state index is 12.0. The molecule has 0 atom stereocenters. The summed E-state index contributed by atoms with van der Waals surface area (Å²) in [4.78, 5) is 26.5. The average molecular weight is 249 g/mol. The molecule has 1 aliphatic rings. The van der Waals surface area contributed by atoms with Gasteiger partial charge in [0.15, 0.2) is 5.78 Å². The minimum atomic E-state index is -0.200. The van der Waals surface area contributed by atoms with E-state index in [1.54, 1.807) is 6.92 Å². The first-order valence-electron chi connectivity index (χ1n) is 6.60. The highest BCUT2D eigenvalue weighted by molar-refractivity contribution is 5.99. The van der Waals surface area contributed by atoms with Crippen molar-refractivity contribution in [1.82, 2.24) is 4.98 Å². The van der Waals surface area contributed by atoms with Crippen molar-refractivity contribution in [3.05, 3.63) is 23.0 Å². The SMILES string of the molecule is CCOC(=O)CCc1c[nH]c2c1C(=O)CCCC2. The molecular weight excluding hydrogens is 230 g/mol. The van der Waals surface area contributed by atoms with Crippen molar-refractivity contribution >= 4 is 11.8 Å². The first-order valence-corrected chi connectivity index (χ1v) is 6.60. The fourth-order valence-electron chi connectivity index (χ4n) is 2.44. The molecule has 0 saturated heterocycles. The predicted molar refractivity (Wildman–Crippen MR) is 67.6 cm³/mol. The van der Waals surface area contributed by atoms with Gasteiger partial charge in [-0.1, -0.05) is 0 Å². The maximum atomic E-state index is 12.0. The van der Waals surface area contributed by atoms with Gasteiger partial charge in [-0.15, -0.1) is 0 Å². The lowest BCUT2D eigenvalue weighted by molar-refractivity contribution is -0.143. The summed E-state index contributed by atoms with van der Waals surface area (Å²) in [7, 11) is 0. The lowest BCUT2D eigenvalue weighted by Crippen LogP contribution is -2.07. The molecule has 0 amide bonds. The summed E-state index contributed by atoms with van der Waals surface area (Å²) in [5, 5.41) is 0. The second-order valence-corrected chi connectivity index (χ2v) is 4.60. The van der Waals surface area contributed by atoms with E-state index in [-0.39, 0.29) is 11.8 Å². The van der Waals surface area contributed by atoms with Crippen LogP contribution in [0.25, 0.3) is 0 Å². The van der Waals surface area contributed by atoms with Crippen LogP contribution in [-0.2, 0) is 22.4 Å². The summed E-state index contributed by atoms with van der Waals surface area (Å²) in [5.74, 6) is 0.0103. The quantitative estimate of drug-likeness (QED) is 0.658. The molecule has 0 spiro atoms. The van der Waals surface area contributed by atoms with E-state index in [9.17, 15) is 9.59 Å². The van der Waals surface area contributed by atoms with Crippen molar-refractivity contribution in [3.8, 4) is 0 Å². The standard InChI is InChI=1S/C14H19NO3/c1-2-18-13(17)8-7-10-9-15-11-5-3-4-6-12(16)14(10)11/h9,15H,2-8H2,1H3. The van der Waals surface area contributed by atoms with E-state index in [4.69, 9.17) is 4.74 Å². The molecule has 1 heterocycles. The van der Waals surface area contributed by atoms with Crippen molar-refractivity contribution < 1.29 is 14.3 Å². The van der Waals surface area contributed by atoms with Gasteiger partial charge < -0.3 is 9.72 Å². The minimum absolute atomic E-state index is 0.200. The van der Waals surface area contributed by atoms with Gasteiger partial charge in [-0.2, -0.15) is 0 Å². The van der Waals surface area contributed by atoms with Crippen molar-refractivity contribution in [1.29, 1.82) is 0 Å². The molecule has 18 heavy (non-hydrogen) atoms. The van der Waals surface area contributed by atoms with Gasteiger partial charge in [0.05, 0.1) is 6.61 Å². The Morgan fingerprint density at radius 2 is 2.17 bits per heavy atom. The molecule has 1 aliphatic carbocycles. The first kappa shape index (κ1) is 12.9. The number of hydrogen-bond donors (Lipinski definition) is 1. The summed E-state index contributed by atoms with van der Waals surface area (Å²) in [6, 6.07) is 0. The molecule has 1 N–H and O–H groups in total. The molecule has 4 nitrogen and oxygen atoms in total. The summed E-state index contributed by atoms with van der Waals surface area (Å²) in [6.07, 6.45) is 6.35. The van der Waals surface area contributed by atoms with Gasteiger partial charge in [0.1, 0.15) is 0 Å². The zero-order valence-electron chi connectivity index (χ0n) is 10.8. The Morgan fingerprint density at radius 3 is 2.94 bits per heavy atom. The number of aryl methyl sites for hydroxylation is 2. The smallest absolute Gasteiger partial charge is 0.306 e. The number of ether oxygens (including phenoxy) is 1. The van der Waals surface area contributed by atoms with Gasteiger partial charge in [0, 0.05) is 30.3 Å². The topological polar surface area (TPSA) is 59.2 Å². The lowest BCUT2D eigenvalue weighted by atomic mass is 10.0. The van der Waals surface area contributed by atoms with E-state index >= 15 is 0 Å². The van der Waals surface area contributed by atoms with Gasteiger partial charge >= 0.3 is 5.97 Å². The van der Waals surface area contributed by atoms with Crippen LogP contribution in [0.5, 0.6) is 0 Å². The van der Waals surface area contributed by atoms with Gasteiger partial charge in [-0.25, -0.2) is 0 Å². The van der Waals surface area contributed by atoms with Gasteiger partial charge in [0.2, 0.25) is 0 Å². The van der Waals surface area contributed by atoms with Crippen molar-refractivity contribution in [3.63, 3.8) is 0 Å². The number of aromatic nitrogens is 1. The highest BCUT2D eigenvalue weighted by Gasteiger charge is 2.21. The Hall–Kier alpha value is -1.58. The summed E-state index contributed by atoms with van der Waals surface area (Å²) in [5.41, 5.74) is 2.83. The molecular formula is C14H19NO3.